The molecule has 3 aromatic rings. The molecule has 1 amide bonds. The number of hydrogen-bond donors (Lipinski definition) is 1. The van der Waals surface area contributed by atoms with Gasteiger partial charge in [0.05, 0.1) is 6.26 Å². The molecule has 0 atom stereocenters. The van der Waals surface area contributed by atoms with Gasteiger partial charge in [-0.1, -0.05) is 17.4 Å². The molecular weight excluding hydrogens is 314 g/mol. The maximum absolute atomic E-state index is 11.9. The smallest absolute Gasteiger partial charge is 0.264 e. The molecule has 118 valence electrons. The van der Waals surface area contributed by atoms with Gasteiger partial charge in [0.2, 0.25) is 5.13 Å². The standard InChI is InChI=1S/C16H15N3O3S/c1-10-5-6-12(8-11(10)2)22-9-14(20)17-16-19-18-15(23-16)13-4-3-7-21-13/h3-8H,9H2,1-2H3,(H,17,19,20). The summed E-state index contributed by atoms with van der Waals surface area (Å²) < 4.78 is 10.7. The van der Waals surface area contributed by atoms with Crippen LogP contribution >= 0.6 is 11.3 Å². The molecule has 7 heteroatoms. The molecule has 0 saturated carbocycles. The SMILES string of the molecule is Cc1ccc(OCC(=O)Nc2nnc(-c3ccco3)s2)cc1C. The van der Waals surface area contributed by atoms with Crippen LogP contribution in [0.15, 0.2) is 41.0 Å². The summed E-state index contributed by atoms with van der Waals surface area (Å²) in [6.45, 7) is 3.94. The molecule has 2 heterocycles. The van der Waals surface area contributed by atoms with Crippen LogP contribution in [0.3, 0.4) is 0 Å². The predicted molar refractivity (Wildman–Crippen MR) is 87.7 cm³/mol. The molecule has 6 nitrogen and oxygen atoms in total. The lowest BCUT2D eigenvalue weighted by Crippen LogP contribution is -2.20. The fourth-order valence-corrected chi connectivity index (χ4v) is 2.61. The highest BCUT2D eigenvalue weighted by Crippen LogP contribution is 2.26. The van der Waals surface area contributed by atoms with Gasteiger partial charge in [0.15, 0.2) is 17.4 Å². The third-order valence-electron chi connectivity index (χ3n) is 3.25. The lowest BCUT2D eigenvalue weighted by Gasteiger charge is -2.07. The number of carbonyl (C=O) groups excluding carboxylic acids is 1. The van der Waals surface area contributed by atoms with Crippen LogP contribution in [-0.4, -0.2) is 22.7 Å². The number of amides is 1. The number of aromatic nitrogens is 2. The molecule has 0 aliphatic rings. The van der Waals surface area contributed by atoms with Gasteiger partial charge in [-0.25, -0.2) is 0 Å². The van der Waals surface area contributed by atoms with Crippen molar-refractivity contribution in [2.75, 3.05) is 11.9 Å². The van der Waals surface area contributed by atoms with E-state index in [1.54, 1.807) is 18.4 Å². The van der Waals surface area contributed by atoms with E-state index < -0.39 is 0 Å². The van der Waals surface area contributed by atoms with Gasteiger partial charge in [0.25, 0.3) is 5.91 Å². The topological polar surface area (TPSA) is 77.2 Å². The molecule has 1 N–H and O–H groups in total. The van der Waals surface area contributed by atoms with Gasteiger partial charge in [0.1, 0.15) is 5.75 Å². The summed E-state index contributed by atoms with van der Waals surface area (Å²) >= 11 is 1.24. The minimum absolute atomic E-state index is 0.0852. The van der Waals surface area contributed by atoms with E-state index in [1.807, 2.05) is 32.0 Å². The number of hydrogen-bond acceptors (Lipinski definition) is 6. The Balaban J connectivity index is 1.56. The molecule has 0 radical (unpaired) electrons. The second-order valence-electron chi connectivity index (χ2n) is 4.97. The van der Waals surface area contributed by atoms with E-state index in [0.717, 1.165) is 5.56 Å². The monoisotopic (exact) mass is 329 g/mol. The Labute approximate surface area is 137 Å². The number of rotatable bonds is 5. The molecule has 0 fully saturated rings. The molecule has 2 aromatic heterocycles. The number of benzene rings is 1. The third kappa shape index (κ3) is 3.75. The van der Waals surface area contributed by atoms with Gasteiger partial charge in [-0.15, -0.1) is 10.2 Å². The molecule has 1 aromatic carbocycles. The Morgan fingerprint density at radius 1 is 1.26 bits per heavy atom. The van der Waals surface area contributed by atoms with Crippen LogP contribution in [0.1, 0.15) is 11.1 Å². The zero-order chi connectivity index (χ0) is 16.2. The van der Waals surface area contributed by atoms with Crippen LogP contribution in [0, 0.1) is 13.8 Å². The highest BCUT2D eigenvalue weighted by molar-refractivity contribution is 7.18. The van der Waals surface area contributed by atoms with Crippen LogP contribution in [-0.2, 0) is 4.79 Å². The summed E-state index contributed by atoms with van der Waals surface area (Å²) in [7, 11) is 0. The highest BCUT2D eigenvalue weighted by Gasteiger charge is 2.11. The van der Waals surface area contributed by atoms with E-state index in [0.29, 0.717) is 21.6 Å². The van der Waals surface area contributed by atoms with Crippen molar-refractivity contribution in [3.05, 3.63) is 47.7 Å². The first-order valence-electron chi connectivity index (χ1n) is 6.99. The van der Waals surface area contributed by atoms with Crippen molar-refractivity contribution in [2.24, 2.45) is 0 Å². The van der Waals surface area contributed by atoms with Crippen molar-refractivity contribution < 1.29 is 13.9 Å². The van der Waals surface area contributed by atoms with Crippen molar-refractivity contribution in [2.45, 2.75) is 13.8 Å². The minimum Gasteiger partial charge on any atom is -0.484 e. The molecule has 0 bridgehead atoms. The first kappa shape index (κ1) is 15.2. The van der Waals surface area contributed by atoms with E-state index in [-0.39, 0.29) is 12.5 Å². The van der Waals surface area contributed by atoms with Crippen LogP contribution in [0.2, 0.25) is 0 Å². The van der Waals surface area contributed by atoms with Crippen molar-refractivity contribution in [1.29, 1.82) is 0 Å². The third-order valence-corrected chi connectivity index (χ3v) is 4.10. The largest absolute Gasteiger partial charge is 0.484 e. The highest BCUT2D eigenvalue weighted by atomic mass is 32.1. The Hall–Kier alpha value is -2.67. The van der Waals surface area contributed by atoms with E-state index in [1.165, 1.54) is 16.9 Å². The summed E-state index contributed by atoms with van der Waals surface area (Å²) in [4.78, 5) is 11.9. The van der Waals surface area contributed by atoms with E-state index in [4.69, 9.17) is 9.15 Å². The van der Waals surface area contributed by atoms with Gasteiger partial charge in [-0.2, -0.15) is 0 Å². The van der Waals surface area contributed by atoms with Gasteiger partial charge >= 0.3 is 0 Å². The van der Waals surface area contributed by atoms with Gasteiger partial charge in [-0.3, -0.25) is 10.1 Å². The molecule has 3 rings (SSSR count). The zero-order valence-electron chi connectivity index (χ0n) is 12.7. The molecule has 0 aliphatic heterocycles. The van der Waals surface area contributed by atoms with Crippen LogP contribution in [0.4, 0.5) is 5.13 Å². The number of nitrogens with one attached hydrogen (secondary N) is 1. The molecule has 23 heavy (non-hydrogen) atoms. The van der Waals surface area contributed by atoms with E-state index >= 15 is 0 Å². The van der Waals surface area contributed by atoms with Crippen molar-refractivity contribution in [3.8, 4) is 16.5 Å². The molecule has 0 unspecified atom stereocenters. The zero-order valence-corrected chi connectivity index (χ0v) is 13.5. The molecule has 0 aliphatic carbocycles. The maximum Gasteiger partial charge on any atom is 0.264 e. The van der Waals surface area contributed by atoms with Crippen LogP contribution < -0.4 is 10.1 Å². The lowest BCUT2D eigenvalue weighted by molar-refractivity contribution is -0.118. The summed E-state index contributed by atoms with van der Waals surface area (Å²) in [5, 5.41) is 11.6. The number of anilines is 1. The number of furan rings is 1. The Bertz CT molecular complexity index is 812. The predicted octanol–water partition coefficient (Wildman–Crippen LogP) is 3.43. The second-order valence-corrected chi connectivity index (χ2v) is 5.95. The number of aryl methyl sites for hydroxylation is 2. The first-order valence-corrected chi connectivity index (χ1v) is 7.81. The summed E-state index contributed by atoms with van der Waals surface area (Å²) in [5.74, 6) is 0.997. The summed E-state index contributed by atoms with van der Waals surface area (Å²) in [6, 6.07) is 9.27. The van der Waals surface area contributed by atoms with Gasteiger partial charge in [0, 0.05) is 0 Å². The Kier molecular flexibility index (Phi) is 4.38. The van der Waals surface area contributed by atoms with Gasteiger partial charge in [-0.05, 0) is 49.2 Å². The van der Waals surface area contributed by atoms with E-state index in [9.17, 15) is 4.79 Å². The average Bonchev–Trinajstić information content (AvgIpc) is 3.19. The van der Waals surface area contributed by atoms with Crippen LogP contribution in [0.5, 0.6) is 5.75 Å². The normalized spacial score (nSPS) is 10.5. The first-order chi connectivity index (χ1) is 11.1. The van der Waals surface area contributed by atoms with E-state index in [2.05, 4.69) is 15.5 Å². The Morgan fingerprint density at radius 3 is 2.87 bits per heavy atom. The fourth-order valence-electron chi connectivity index (χ4n) is 1.88. The van der Waals surface area contributed by atoms with Crippen molar-refractivity contribution >= 4 is 22.4 Å². The van der Waals surface area contributed by atoms with Crippen LogP contribution in [0.25, 0.3) is 10.8 Å². The maximum atomic E-state index is 11.9. The van der Waals surface area contributed by atoms with Crippen molar-refractivity contribution in [3.63, 3.8) is 0 Å². The molecular formula is C16H15N3O3S. The van der Waals surface area contributed by atoms with Gasteiger partial charge < -0.3 is 9.15 Å². The molecule has 0 spiro atoms. The fraction of sp³-hybridized carbons (Fsp3) is 0.188. The van der Waals surface area contributed by atoms with Crippen molar-refractivity contribution in [1.82, 2.24) is 10.2 Å². The average molecular weight is 329 g/mol. The quantitative estimate of drug-likeness (QED) is 0.776. The molecule has 0 saturated heterocycles. The summed E-state index contributed by atoms with van der Waals surface area (Å²) in [5.41, 5.74) is 2.30. The number of nitrogens with zero attached hydrogens (tertiary/aromatic N) is 2. The Morgan fingerprint density at radius 2 is 2.13 bits per heavy atom. The lowest BCUT2D eigenvalue weighted by atomic mass is 10.1. The number of carbonyl (C=O) groups is 1. The number of ether oxygens (including phenoxy) is 1. The summed E-state index contributed by atoms with van der Waals surface area (Å²) in [6.07, 6.45) is 1.56. The second kappa shape index (κ2) is 6.62. The minimum atomic E-state index is -0.287.